The van der Waals surface area contributed by atoms with Crippen molar-refractivity contribution in [2.24, 2.45) is 0 Å². The van der Waals surface area contributed by atoms with Crippen LogP contribution in [0.15, 0.2) is 34.2 Å². The van der Waals surface area contributed by atoms with Crippen molar-refractivity contribution in [2.45, 2.75) is 62.4 Å². The number of halogens is 1. The summed E-state index contributed by atoms with van der Waals surface area (Å²) in [7, 11) is -3.53. The Hall–Kier alpha value is -1.20. The highest BCUT2D eigenvalue weighted by atomic mass is 32.2. The molecule has 1 aliphatic carbocycles. The summed E-state index contributed by atoms with van der Waals surface area (Å²) in [6.07, 6.45) is 6.09. The lowest BCUT2D eigenvalue weighted by molar-refractivity contribution is 0.284. The number of hydrogen-bond donors (Lipinski definition) is 0. The van der Waals surface area contributed by atoms with E-state index in [1.165, 1.54) is 36.6 Å². The second-order valence-electron chi connectivity index (χ2n) is 6.75. The van der Waals surface area contributed by atoms with Crippen LogP contribution in [0.25, 0.3) is 0 Å². The number of hydrogen-bond acceptors (Lipinski definition) is 2. The zero-order chi connectivity index (χ0) is 15.5. The van der Waals surface area contributed by atoms with Crippen LogP contribution in [0.3, 0.4) is 0 Å². The first-order valence-corrected chi connectivity index (χ1v) is 9.40. The number of allylic oxidation sites excluding steroid dienone is 1. The first kappa shape index (κ1) is 14.4. The lowest BCUT2D eigenvalue weighted by atomic mass is 9.98. The molecule has 2 aliphatic heterocycles. The number of nitrogens with zero attached hydrogens (tertiary/aromatic N) is 1. The summed E-state index contributed by atoms with van der Waals surface area (Å²) in [5.41, 5.74) is 3.56. The van der Waals surface area contributed by atoms with E-state index in [2.05, 4.69) is 0 Å². The monoisotopic (exact) mass is 321 g/mol. The topological polar surface area (TPSA) is 37.4 Å². The van der Waals surface area contributed by atoms with Gasteiger partial charge in [0.1, 0.15) is 5.82 Å². The van der Waals surface area contributed by atoms with E-state index in [1.54, 1.807) is 16.8 Å². The second-order valence-corrected chi connectivity index (χ2v) is 8.56. The summed E-state index contributed by atoms with van der Waals surface area (Å²) in [6.45, 7) is 1.67. The molecule has 118 valence electrons. The van der Waals surface area contributed by atoms with E-state index in [1.807, 2.05) is 0 Å². The largest absolute Gasteiger partial charge is 0.243 e. The smallest absolute Gasteiger partial charge is 0.207 e. The van der Waals surface area contributed by atoms with Gasteiger partial charge in [0.15, 0.2) is 0 Å². The second kappa shape index (κ2) is 4.90. The third-order valence-corrected chi connectivity index (χ3v) is 7.37. The van der Waals surface area contributed by atoms with Crippen molar-refractivity contribution in [2.75, 3.05) is 0 Å². The minimum absolute atomic E-state index is 0.0938. The van der Waals surface area contributed by atoms with E-state index < -0.39 is 10.0 Å². The molecule has 2 atom stereocenters. The number of fused-ring (bicyclic) bond motifs is 2. The zero-order valence-electron chi connectivity index (χ0n) is 12.7. The van der Waals surface area contributed by atoms with Crippen molar-refractivity contribution in [1.82, 2.24) is 4.31 Å². The summed E-state index contributed by atoms with van der Waals surface area (Å²) in [5, 5.41) is 0. The van der Waals surface area contributed by atoms with E-state index in [0.29, 0.717) is 5.56 Å². The molecule has 3 aliphatic rings. The molecule has 5 heteroatoms. The van der Waals surface area contributed by atoms with Crippen LogP contribution in [-0.4, -0.2) is 24.8 Å². The van der Waals surface area contributed by atoms with Gasteiger partial charge < -0.3 is 0 Å². The number of benzene rings is 1. The van der Waals surface area contributed by atoms with Gasteiger partial charge in [0.2, 0.25) is 10.0 Å². The average molecular weight is 321 g/mol. The predicted molar refractivity (Wildman–Crippen MR) is 82.5 cm³/mol. The summed E-state index contributed by atoms with van der Waals surface area (Å²) < 4.78 is 41.1. The Kier molecular flexibility index (Phi) is 3.20. The van der Waals surface area contributed by atoms with Crippen molar-refractivity contribution in [3.8, 4) is 0 Å². The van der Waals surface area contributed by atoms with Crippen molar-refractivity contribution < 1.29 is 12.8 Å². The Balaban J connectivity index is 1.71. The first-order valence-electron chi connectivity index (χ1n) is 7.96. The molecule has 1 aromatic rings. The van der Waals surface area contributed by atoms with E-state index >= 15 is 0 Å². The summed E-state index contributed by atoms with van der Waals surface area (Å²) in [4.78, 5) is 0.258. The van der Waals surface area contributed by atoms with Gasteiger partial charge in [-0.1, -0.05) is 11.1 Å². The molecule has 0 spiro atoms. The summed E-state index contributed by atoms with van der Waals surface area (Å²) >= 11 is 0. The van der Waals surface area contributed by atoms with Crippen molar-refractivity contribution in [3.05, 3.63) is 40.7 Å². The van der Waals surface area contributed by atoms with Gasteiger partial charge in [-0.05, 0) is 69.2 Å². The maximum absolute atomic E-state index is 13.3. The minimum Gasteiger partial charge on any atom is -0.207 e. The van der Waals surface area contributed by atoms with Crippen LogP contribution in [-0.2, 0) is 10.0 Å². The Morgan fingerprint density at radius 2 is 1.73 bits per heavy atom. The summed E-state index contributed by atoms with van der Waals surface area (Å²) in [6, 6.07) is 4.14. The maximum atomic E-state index is 13.3. The fourth-order valence-electron chi connectivity index (χ4n) is 4.09. The quantitative estimate of drug-likeness (QED) is 0.781. The molecule has 1 saturated carbocycles. The Bertz CT molecular complexity index is 747. The van der Waals surface area contributed by atoms with Crippen molar-refractivity contribution >= 4 is 10.0 Å². The number of aryl methyl sites for hydroxylation is 1. The van der Waals surface area contributed by atoms with Crippen LogP contribution in [0.5, 0.6) is 0 Å². The molecule has 4 rings (SSSR count). The summed E-state index contributed by atoms with van der Waals surface area (Å²) in [5.74, 6) is -0.390. The minimum atomic E-state index is -3.53. The number of rotatable bonds is 2. The number of piperidine rings is 1. The highest BCUT2D eigenvalue weighted by Crippen LogP contribution is 2.46. The fourth-order valence-corrected chi connectivity index (χ4v) is 6.16. The van der Waals surface area contributed by atoms with Crippen LogP contribution < -0.4 is 0 Å². The van der Waals surface area contributed by atoms with Gasteiger partial charge in [-0.2, -0.15) is 4.31 Å². The highest BCUT2D eigenvalue weighted by Gasteiger charge is 2.46. The zero-order valence-corrected chi connectivity index (χ0v) is 13.5. The maximum Gasteiger partial charge on any atom is 0.243 e. The molecule has 2 saturated heterocycles. The van der Waals surface area contributed by atoms with E-state index in [-0.39, 0.29) is 22.8 Å². The lowest BCUT2D eigenvalue weighted by Gasteiger charge is -2.35. The van der Waals surface area contributed by atoms with Crippen LogP contribution in [0.4, 0.5) is 4.39 Å². The molecule has 0 amide bonds. The molecule has 1 aromatic carbocycles. The van der Waals surface area contributed by atoms with Crippen LogP contribution >= 0.6 is 0 Å². The van der Waals surface area contributed by atoms with Gasteiger partial charge in [-0.25, -0.2) is 12.8 Å². The van der Waals surface area contributed by atoms with Gasteiger partial charge in [0, 0.05) is 12.1 Å². The van der Waals surface area contributed by atoms with Crippen LogP contribution in [0.2, 0.25) is 0 Å². The van der Waals surface area contributed by atoms with Gasteiger partial charge in [-0.15, -0.1) is 0 Å². The van der Waals surface area contributed by atoms with Crippen molar-refractivity contribution in [1.29, 1.82) is 0 Å². The Morgan fingerprint density at radius 1 is 1.09 bits per heavy atom. The lowest BCUT2D eigenvalue weighted by Crippen LogP contribution is -2.44. The van der Waals surface area contributed by atoms with Gasteiger partial charge in [0.05, 0.1) is 4.90 Å². The molecule has 0 radical (unpaired) electrons. The molecular weight excluding hydrogens is 301 g/mol. The SMILES string of the molecule is Cc1cc(F)ccc1S(=O)(=O)N1C2CCC1CC(=C1CC1)C2. The third kappa shape index (κ3) is 2.22. The molecule has 0 aromatic heterocycles. The average Bonchev–Trinajstić information content (AvgIpc) is 3.24. The highest BCUT2D eigenvalue weighted by molar-refractivity contribution is 7.89. The molecular formula is C17H20FNO2S. The van der Waals surface area contributed by atoms with E-state index in [0.717, 1.165) is 25.7 Å². The molecule has 22 heavy (non-hydrogen) atoms. The van der Waals surface area contributed by atoms with E-state index in [9.17, 15) is 12.8 Å². The molecule has 3 nitrogen and oxygen atoms in total. The van der Waals surface area contributed by atoms with Gasteiger partial charge in [0.25, 0.3) is 0 Å². The van der Waals surface area contributed by atoms with E-state index in [4.69, 9.17) is 0 Å². The Labute approximate surface area is 130 Å². The first-order chi connectivity index (χ1) is 10.5. The predicted octanol–water partition coefficient (Wildman–Crippen LogP) is 3.54. The molecule has 2 heterocycles. The molecule has 2 unspecified atom stereocenters. The van der Waals surface area contributed by atoms with Gasteiger partial charge in [-0.3, -0.25) is 0 Å². The standard InChI is InChI=1S/C17H20FNO2S/c1-11-8-14(18)4-7-17(11)22(20,21)19-15-5-6-16(19)10-13(9-15)12-2-3-12/h4,7-8,15-16H,2-3,5-6,9-10H2,1H3. The van der Waals surface area contributed by atoms with Gasteiger partial charge >= 0.3 is 0 Å². The third-order valence-electron chi connectivity index (χ3n) is 5.21. The van der Waals surface area contributed by atoms with Crippen molar-refractivity contribution in [3.63, 3.8) is 0 Å². The molecule has 3 fully saturated rings. The number of sulfonamides is 1. The Morgan fingerprint density at radius 3 is 2.27 bits per heavy atom. The molecule has 0 N–H and O–H groups in total. The molecule has 2 bridgehead atoms. The fraction of sp³-hybridized carbons (Fsp3) is 0.529. The van der Waals surface area contributed by atoms with Crippen LogP contribution in [0, 0.1) is 12.7 Å². The normalized spacial score (nSPS) is 28.3. The van der Waals surface area contributed by atoms with Crippen LogP contribution in [0.1, 0.15) is 44.1 Å².